The third-order valence-electron chi connectivity index (χ3n) is 3.69. The SMILES string of the molecule is NC1CCN(C(=O)C2Cc3ccccc32)C1. The first-order valence-corrected chi connectivity index (χ1v) is 5.88. The molecule has 1 aliphatic heterocycles. The van der Waals surface area contributed by atoms with Gasteiger partial charge in [0, 0.05) is 19.1 Å². The Morgan fingerprint density at radius 3 is 2.88 bits per heavy atom. The standard InChI is InChI=1S/C13H16N2O/c14-10-5-6-15(8-10)13(16)12-7-9-3-1-2-4-11(9)12/h1-4,10,12H,5-8,14H2. The van der Waals surface area contributed by atoms with Crippen molar-refractivity contribution in [3.8, 4) is 0 Å². The molecule has 1 amide bonds. The minimum Gasteiger partial charge on any atom is -0.341 e. The van der Waals surface area contributed by atoms with E-state index in [2.05, 4.69) is 12.1 Å². The molecule has 16 heavy (non-hydrogen) atoms. The first-order chi connectivity index (χ1) is 7.75. The number of amides is 1. The van der Waals surface area contributed by atoms with Gasteiger partial charge in [0.25, 0.3) is 0 Å². The molecule has 1 saturated heterocycles. The number of benzene rings is 1. The molecule has 0 radical (unpaired) electrons. The van der Waals surface area contributed by atoms with E-state index in [1.54, 1.807) is 0 Å². The van der Waals surface area contributed by atoms with Crippen LogP contribution in [0.25, 0.3) is 0 Å². The number of carbonyl (C=O) groups is 1. The summed E-state index contributed by atoms with van der Waals surface area (Å²) in [5.74, 6) is 0.369. The topological polar surface area (TPSA) is 46.3 Å². The molecule has 3 nitrogen and oxygen atoms in total. The summed E-state index contributed by atoms with van der Waals surface area (Å²) in [5, 5.41) is 0. The fourth-order valence-corrected chi connectivity index (χ4v) is 2.69. The van der Waals surface area contributed by atoms with Gasteiger partial charge in [0.2, 0.25) is 5.91 Å². The predicted octanol–water partition coefficient (Wildman–Crippen LogP) is 0.886. The smallest absolute Gasteiger partial charge is 0.230 e. The molecule has 84 valence electrons. The van der Waals surface area contributed by atoms with Crippen LogP contribution in [-0.2, 0) is 11.2 Å². The van der Waals surface area contributed by atoms with Crippen LogP contribution >= 0.6 is 0 Å². The first-order valence-electron chi connectivity index (χ1n) is 5.88. The van der Waals surface area contributed by atoms with Gasteiger partial charge in [-0.2, -0.15) is 0 Å². The van der Waals surface area contributed by atoms with Crippen molar-refractivity contribution in [2.24, 2.45) is 5.73 Å². The molecular formula is C13H16N2O. The molecular weight excluding hydrogens is 200 g/mol. The van der Waals surface area contributed by atoms with Crippen LogP contribution < -0.4 is 5.73 Å². The Balaban J connectivity index is 1.75. The van der Waals surface area contributed by atoms with Crippen molar-refractivity contribution in [1.29, 1.82) is 0 Å². The maximum Gasteiger partial charge on any atom is 0.230 e. The Morgan fingerprint density at radius 1 is 1.38 bits per heavy atom. The van der Waals surface area contributed by atoms with E-state index in [0.29, 0.717) is 0 Å². The van der Waals surface area contributed by atoms with Crippen molar-refractivity contribution < 1.29 is 4.79 Å². The quantitative estimate of drug-likeness (QED) is 0.757. The van der Waals surface area contributed by atoms with Gasteiger partial charge in [0.05, 0.1) is 5.92 Å². The molecule has 3 heteroatoms. The minimum atomic E-state index is 0.0986. The zero-order valence-corrected chi connectivity index (χ0v) is 9.23. The van der Waals surface area contributed by atoms with Gasteiger partial charge < -0.3 is 10.6 Å². The van der Waals surface area contributed by atoms with Crippen LogP contribution in [0.1, 0.15) is 23.5 Å². The maximum atomic E-state index is 12.2. The Bertz CT molecular complexity index is 430. The minimum absolute atomic E-state index is 0.0986. The van der Waals surface area contributed by atoms with Crippen LogP contribution in [0.5, 0.6) is 0 Å². The Kier molecular flexibility index (Phi) is 2.21. The second kappa shape index (κ2) is 3.59. The molecule has 0 aromatic heterocycles. The van der Waals surface area contributed by atoms with E-state index in [9.17, 15) is 4.79 Å². The van der Waals surface area contributed by atoms with Crippen LogP contribution in [0.4, 0.5) is 0 Å². The highest BCUT2D eigenvalue weighted by molar-refractivity contribution is 5.87. The fraction of sp³-hybridized carbons (Fsp3) is 0.462. The Hall–Kier alpha value is -1.35. The van der Waals surface area contributed by atoms with Crippen LogP contribution in [0, 0.1) is 0 Å². The number of nitrogens with two attached hydrogens (primary N) is 1. The average molecular weight is 216 g/mol. The molecule has 3 rings (SSSR count). The lowest BCUT2D eigenvalue weighted by Crippen LogP contribution is -2.39. The van der Waals surface area contributed by atoms with Crippen molar-refractivity contribution in [2.75, 3.05) is 13.1 Å². The molecule has 0 bridgehead atoms. The summed E-state index contributed by atoms with van der Waals surface area (Å²) in [7, 11) is 0. The van der Waals surface area contributed by atoms with Gasteiger partial charge >= 0.3 is 0 Å². The lowest BCUT2D eigenvalue weighted by Gasteiger charge is -2.32. The van der Waals surface area contributed by atoms with Crippen LogP contribution in [-0.4, -0.2) is 29.9 Å². The summed E-state index contributed by atoms with van der Waals surface area (Å²) in [5.41, 5.74) is 8.36. The second-order valence-corrected chi connectivity index (χ2v) is 4.79. The molecule has 1 heterocycles. The number of nitrogens with zero attached hydrogens (tertiary/aromatic N) is 1. The van der Waals surface area contributed by atoms with E-state index in [4.69, 9.17) is 5.73 Å². The zero-order valence-electron chi connectivity index (χ0n) is 9.23. The average Bonchev–Trinajstić information content (AvgIpc) is 2.67. The third kappa shape index (κ3) is 1.43. The van der Waals surface area contributed by atoms with Crippen molar-refractivity contribution in [3.63, 3.8) is 0 Å². The highest BCUT2D eigenvalue weighted by Gasteiger charge is 2.36. The van der Waals surface area contributed by atoms with Gasteiger partial charge in [-0.05, 0) is 24.0 Å². The zero-order chi connectivity index (χ0) is 11.1. The van der Waals surface area contributed by atoms with Crippen molar-refractivity contribution in [2.45, 2.75) is 24.8 Å². The van der Waals surface area contributed by atoms with Gasteiger partial charge in [-0.1, -0.05) is 24.3 Å². The molecule has 0 spiro atoms. The number of hydrogen-bond donors (Lipinski definition) is 1. The third-order valence-corrected chi connectivity index (χ3v) is 3.69. The van der Waals surface area contributed by atoms with E-state index in [1.807, 2.05) is 17.0 Å². The molecule has 1 fully saturated rings. The van der Waals surface area contributed by atoms with E-state index in [1.165, 1.54) is 11.1 Å². The van der Waals surface area contributed by atoms with Gasteiger partial charge in [-0.15, -0.1) is 0 Å². The van der Waals surface area contributed by atoms with Gasteiger partial charge in [0.15, 0.2) is 0 Å². The molecule has 1 aliphatic carbocycles. The Labute approximate surface area is 95.2 Å². The Morgan fingerprint density at radius 2 is 2.19 bits per heavy atom. The molecule has 1 aromatic rings. The number of hydrogen-bond acceptors (Lipinski definition) is 2. The fourth-order valence-electron chi connectivity index (χ4n) is 2.69. The van der Waals surface area contributed by atoms with Gasteiger partial charge in [-0.3, -0.25) is 4.79 Å². The lowest BCUT2D eigenvalue weighted by atomic mass is 9.77. The molecule has 2 atom stereocenters. The van der Waals surface area contributed by atoms with Crippen LogP contribution in [0.2, 0.25) is 0 Å². The number of rotatable bonds is 1. The largest absolute Gasteiger partial charge is 0.341 e. The number of fused-ring (bicyclic) bond motifs is 1. The number of carbonyl (C=O) groups excluding carboxylic acids is 1. The second-order valence-electron chi connectivity index (χ2n) is 4.79. The van der Waals surface area contributed by atoms with E-state index >= 15 is 0 Å². The summed E-state index contributed by atoms with van der Waals surface area (Å²) in [6.45, 7) is 1.57. The molecule has 2 N–H and O–H groups in total. The highest BCUT2D eigenvalue weighted by Crippen LogP contribution is 2.36. The van der Waals surface area contributed by atoms with E-state index in [-0.39, 0.29) is 17.9 Å². The molecule has 0 saturated carbocycles. The predicted molar refractivity (Wildman–Crippen MR) is 62.1 cm³/mol. The summed E-state index contributed by atoms with van der Waals surface area (Å²) >= 11 is 0. The summed E-state index contributed by atoms with van der Waals surface area (Å²) in [4.78, 5) is 14.1. The molecule has 2 unspecified atom stereocenters. The number of likely N-dealkylation sites (tertiary alicyclic amines) is 1. The normalized spacial score (nSPS) is 27.4. The summed E-state index contributed by atoms with van der Waals surface area (Å²) < 4.78 is 0. The van der Waals surface area contributed by atoms with Crippen molar-refractivity contribution >= 4 is 5.91 Å². The van der Waals surface area contributed by atoms with Crippen LogP contribution in [0.15, 0.2) is 24.3 Å². The van der Waals surface area contributed by atoms with Gasteiger partial charge in [0.1, 0.15) is 0 Å². The summed E-state index contributed by atoms with van der Waals surface area (Å²) in [6, 6.07) is 8.39. The molecule has 1 aromatic carbocycles. The van der Waals surface area contributed by atoms with Crippen molar-refractivity contribution in [1.82, 2.24) is 4.90 Å². The molecule has 2 aliphatic rings. The van der Waals surface area contributed by atoms with Crippen molar-refractivity contribution in [3.05, 3.63) is 35.4 Å². The highest BCUT2D eigenvalue weighted by atomic mass is 16.2. The first kappa shape index (κ1) is 9.85. The van der Waals surface area contributed by atoms with Gasteiger partial charge in [-0.25, -0.2) is 0 Å². The summed E-state index contributed by atoms with van der Waals surface area (Å²) in [6.07, 6.45) is 1.85. The lowest BCUT2D eigenvalue weighted by molar-refractivity contribution is -0.132. The monoisotopic (exact) mass is 216 g/mol. The van der Waals surface area contributed by atoms with E-state index < -0.39 is 0 Å². The van der Waals surface area contributed by atoms with Crippen LogP contribution in [0.3, 0.4) is 0 Å². The van der Waals surface area contributed by atoms with E-state index in [0.717, 1.165) is 25.9 Å². The maximum absolute atomic E-state index is 12.2.